The molecule has 0 amide bonds. The van der Waals surface area contributed by atoms with Gasteiger partial charge in [-0.1, -0.05) is 27.2 Å². The van der Waals surface area contributed by atoms with Gasteiger partial charge in [0, 0.05) is 17.6 Å². The fourth-order valence-corrected chi connectivity index (χ4v) is 2.49. The molecule has 1 aliphatic rings. The highest BCUT2D eigenvalue weighted by Gasteiger charge is 2.45. The molecule has 18 heavy (non-hydrogen) atoms. The summed E-state index contributed by atoms with van der Waals surface area (Å²) in [6, 6.07) is 0. The zero-order chi connectivity index (χ0) is 13.8. The van der Waals surface area contributed by atoms with Crippen LogP contribution in [0.3, 0.4) is 0 Å². The lowest BCUT2D eigenvalue weighted by atomic mass is 9.68. The first-order valence-electron chi connectivity index (χ1n) is 6.41. The molecule has 0 aromatic heterocycles. The third-order valence-corrected chi connectivity index (χ3v) is 3.69. The minimum atomic E-state index is -1.14. The molecular weight excluding hydrogens is 232 g/mol. The van der Waals surface area contributed by atoms with Gasteiger partial charge in [-0.2, -0.15) is 0 Å². The van der Waals surface area contributed by atoms with Crippen molar-refractivity contribution < 1.29 is 19.4 Å². The Morgan fingerprint density at radius 1 is 1.11 bits per heavy atom. The number of hydrogen-bond donors (Lipinski definition) is 1. The molecule has 0 heterocycles. The summed E-state index contributed by atoms with van der Waals surface area (Å²) in [5.74, 6) is -1.70. The Balaban J connectivity index is 2.80. The third kappa shape index (κ3) is 3.59. The molecule has 1 fully saturated rings. The molecule has 1 rings (SSSR count). The van der Waals surface area contributed by atoms with Gasteiger partial charge in [-0.25, -0.2) is 9.59 Å². The number of carbonyl (C=O) groups is 2. The largest absolute Gasteiger partial charge is 0.478 e. The number of esters is 1. The van der Waals surface area contributed by atoms with E-state index in [4.69, 9.17) is 9.84 Å². The lowest BCUT2D eigenvalue weighted by molar-refractivity contribution is -0.173. The lowest BCUT2D eigenvalue weighted by Crippen LogP contribution is -2.48. The maximum absolute atomic E-state index is 11.7. The number of carbonyl (C=O) groups excluding carboxylic acids is 1. The first-order valence-corrected chi connectivity index (χ1v) is 6.41. The topological polar surface area (TPSA) is 63.6 Å². The number of hydrogen-bond acceptors (Lipinski definition) is 3. The zero-order valence-electron chi connectivity index (χ0n) is 11.4. The number of carboxylic acid groups (broad SMARTS) is 1. The molecule has 4 heteroatoms. The van der Waals surface area contributed by atoms with E-state index in [0.717, 1.165) is 37.8 Å². The minimum absolute atomic E-state index is 0.139. The van der Waals surface area contributed by atoms with Crippen molar-refractivity contribution in [2.75, 3.05) is 0 Å². The first-order chi connectivity index (χ1) is 8.27. The molecule has 0 unspecified atom stereocenters. The van der Waals surface area contributed by atoms with Crippen LogP contribution in [0.1, 0.15) is 52.9 Å². The summed E-state index contributed by atoms with van der Waals surface area (Å²) < 4.78 is 5.60. The van der Waals surface area contributed by atoms with Crippen molar-refractivity contribution >= 4 is 11.9 Å². The molecule has 4 nitrogen and oxygen atoms in total. The lowest BCUT2D eigenvalue weighted by Gasteiger charge is -2.46. The normalized spacial score (nSPS) is 19.7. The van der Waals surface area contributed by atoms with Crippen LogP contribution in [-0.4, -0.2) is 22.6 Å². The quantitative estimate of drug-likeness (QED) is 0.621. The van der Waals surface area contributed by atoms with Gasteiger partial charge in [-0.3, -0.25) is 0 Å². The van der Waals surface area contributed by atoms with Gasteiger partial charge in [0.2, 0.25) is 0 Å². The predicted octanol–water partition coefficient (Wildman–Crippen LogP) is 2.92. The van der Waals surface area contributed by atoms with Gasteiger partial charge in [0.15, 0.2) is 0 Å². The van der Waals surface area contributed by atoms with Gasteiger partial charge in [0.1, 0.15) is 5.60 Å². The SMILES string of the molecule is CC(C)(C)C1(OC(=O)/C=C/C(=O)O)CCCCC1. The minimum Gasteiger partial charge on any atom is -0.478 e. The standard InChI is InChI=1S/C14H22O4/c1-13(2,3)14(9-5-4-6-10-14)18-12(17)8-7-11(15)16/h7-8H,4-6,9-10H2,1-3H3,(H,15,16)/b8-7+. The van der Waals surface area contributed by atoms with Crippen LogP contribution in [0.15, 0.2) is 12.2 Å². The van der Waals surface area contributed by atoms with E-state index in [1.54, 1.807) is 0 Å². The van der Waals surface area contributed by atoms with E-state index < -0.39 is 17.5 Å². The Morgan fingerprint density at radius 3 is 2.11 bits per heavy atom. The Morgan fingerprint density at radius 2 is 1.67 bits per heavy atom. The highest BCUT2D eigenvalue weighted by atomic mass is 16.6. The van der Waals surface area contributed by atoms with Crippen molar-refractivity contribution in [3.8, 4) is 0 Å². The van der Waals surface area contributed by atoms with E-state index in [-0.39, 0.29) is 5.41 Å². The van der Waals surface area contributed by atoms with E-state index in [9.17, 15) is 9.59 Å². The maximum atomic E-state index is 11.7. The Bertz CT molecular complexity index is 343. The highest BCUT2D eigenvalue weighted by molar-refractivity contribution is 5.90. The summed E-state index contributed by atoms with van der Waals surface area (Å²) in [7, 11) is 0. The van der Waals surface area contributed by atoms with Crippen LogP contribution in [0.25, 0.3) is 0 Å². The van der Waals surface area contributed by atoms with Crippen molar-refractivity contribution in [3.63, 3.8) is 0 Å². The van der Waals surface area contributed by atoms with Crippen molar-refractivity contribution in [2.24, 2.45) is 5.41 Å². The van der Waals surface area contributed by atoms with Gasteiger partial charge in [0.05, 0.1) is 0 Å². The molecule has 0 aliphatic heterocycles. The summed E-state index contributed by atoms with van der Waals surface area (Å²) in [4.78, 5) is 22.1. The number of aliphatic carboxylic acids is 1. The van der Waals surface area contributed by atoms with E-state index in [0.29, 0.717) is 0 Å². The second-order valence-corrected chi connectivity index (χ2v) is 5.90. The molecule has 1 aliphatic carbocycles. The number of carboxylic acids is 1. The molecule has 0 radical (unpaired) electrons. The number of ether oxygens (including phenoxy) is 1. The van der Waals surface area contributed by atoms with E-state index in [1.807, 2.05) is 0 Å². The molecule has 0 aromatic rings. The van der Waals surface area contributed by atoms with Crippen LogP contribution in [0.5, 0.6) is 0 Å². The molecule has 0 atom stereocenters. The molecule has 0 saturated heterocycles. The van der Waals surface area contributed by atoms with Crippen LogP contribution in [0.2, 0.25) is 0 Å². The van der Waals surface area contributed by atoms with Gasteiger partial charge in [-0.15, -0.1) is 0 Å². The molecule has 1 saturated carbocycles. The molecule has 0 bridgehead atoms. The molecular formula is C14H22O4. The molecule has 102 valence electrons. The van der Waals surface area contributed by atoms with Crippen molar-refractivity contribution in [3.05, 3.63) is 12.2 Å². The number of rotatable bonds is 3. The van der Waals surface area contributed by atoms with Gasteiger partial charge < -0.3 is 9.84 Å². The molecule has 0 spiro atoms. The monoisotopic (exact) mass is 254 g/mol. The molecule has 1 N–H and O–H groups in total. The Kier molecular flexibility index (Phi) is 4.54. The van der Waals surface area contributed by atoms with E-state index >= 15 is 0 Å². The average molecular weight is 254 g/mol. The van der Waals surface area contributed by atoms with Crippen molar-refractivity contribution in [1.29, 1.82) is 0 Å². The van der Waals surface area contributed by atoms with E-state index in [2.05, 4.69) is 20.8 Å². The Hall–Kier alpha value is -1.32. The summed E-state index contributed by atoms with van der Waals surface area (Å²) in [6.07, 6.45) is 6.78. The predicted molar refractivity (Wildman–Crippen MR) is 68.1 cm³/mol. The summed E-state index contributed by atoms with van der Waals surface area (Å²) in [5.41, 5.74) is -0.606. The summed E-state index contributed by atoms with van der Waals surface area (Å²) in [5, 5.41) is 8.50. The zero-order valence-corrected chi connectivity index (χ0v) is 11.4. The summed E-state index contributed by atoms with van der Waals surface area (Å²) in [6.45, 7) is 6.19. The second kappa shape index (κ2) is 5.55. The summed E-state index contributed by atoms with van der Waals surface area (Å²) >= 11 is 0. The van der Waals surface area contributed by atoms with Crippen LogP contribution in [-0.2, 0) is 14.3 Å². The van der Waals surface area contributed by atoms with Gasteiger partial charge in [0.25, 0.3) is 0 Å². The van der Waals surface area contributed by atoms with Gasteiger partial charge in [-0.05, 0) is 25.7 Å². The van der Waals surface area contributed by atoms with Crippen LogP contribution < -0.4 is 0 Å². The third-order valence-electron chi connectivity index (χ3n) is 3.69. The highest BCUT2D eigenvalue weighted by Crippen LogP contribution is 2.44. The smallest absolute Gasteiger partial charge is 0.331 e. The van der Waals surface area contributed by atoms with Crippen LogP contribution in [0.4, 0.5) is 0 Å². The maximum Gasteiger partial charge on any atom is 0.331 e. The first kappa shape index (κ1) is 14.7. The molecule has 0 aromatic carbocycles. The van der Waals surface area contributed by atoms with Crippen molar-refractivity contribution in [1.82, 2.24) is 0 Å². The average Bonchev–Trinajstić information content (AvgIpc) is 2.26. The Labute approximate surface area is 108 Å². The van der Waals surface area contributed by atoms with Gasteiger partial charge >= 0.3 is 11.9 Å². The second-order valence-electron chi connectivity index (χ2n) is 5.90. The van der Waals surface area contributed by atoms with Crippen LogP contribution in [0, 0.1) is 5.41 Å². The van der Waals surface area contributed by atoms with E-state index in [1.165, 1.54) is 6.42 Å². The fourth-order valence-electron chi connectivity index (χ4n) is 2.49. The van der Waals surface area contributed by atoms with Crippen molar-refractivity contribution in [2.45, 2.75) is 58.5 Å². The fraction of sp³-hybridized carbons (Fsp3) is 0.714. The van der Waals surface area contributed by atoms with Crippen LogP contribution >= 0.6 is 0 Å².